The average Bonchev–Trinajstić information content (AvgIpc) is 3.55. The molecule has 5 rings (SSSR count). The normalized spacial score (nSPS) is 14.4. The van der Waals surface area contributed by atoms with Crippen LogP contribution in [-0.4, -0.2) is 62.2 Å². The Balaban J connectivity index is 1.09. The number of carbonyl (C=O) groups excluding carboxylic acids is 1. The fourth-order valence-corrected chi connectivity index (χ4v) is 4.18. The Morgan fingerprint density at radius 1 is 0.917 bits per heavy atom. The van der Waals surface area contributed by atoms with Crippen molar-refractivity contribution in [2.45, 2.75) is 33.2 Å². The first-order valence-electron chi connectivity index (χ1n) is 11.9. The van der Waals surface area contributed by atoms with Crippen LogP contribution in [0, 0.1) is 19.7 Å². The third-order valence-electron chi connectivity index (χ3n) is 6.39. The van der Waals surface area contributed by atoms with Crippen LogP contribution >= 0.6 is 0 Å². The zero-order valence-electron chi connectivity index (χ0n) is 20.3. The summed E-state index contributed by atoms with van der Waals surface area (Å²) in [5, 5.41) is 8.04. The number of piperazine rings is 1. The zero-order chi connectivity index (χ0) is 25.1. The maximum Gasteiger partial charge on any atom is 0.241 e. The summed E-state index contributed by atoms with van der Waals surface area (Å²) in [7, 11) is 0. The van der Waals surface area contributed by atoms with Crippen molar-refractivity contribution < 1.29 is 18.2 Å². The van der Waals surface area contributed by atoms with Gasteiger partial charge in [-0.2, -0.15) is 9.97 Å². The summed E-state index contributed by atoms with van der Waals surface area (Å²) in [6, 6.07) is 12.7. The molecule has 3 heterocycles. The molecule has 0 bridgehead atoms. The summed E-state index contributed by atoms with van der Waals surface area (Å²) in [5.41, 5.74) is 3.15. The van der Waals surface area contributed by atoms with Crippen LogP contribution in [0.25, 0.3) is 22.8 Å². The van der Waals surface area contributed by atoms with Crippen LogP contribution in [0.3, 0.4) is 0 Å². The number of nitrogens with zero attached hydrogens (tertiary/aromatic N) is 6. The standard InChI is InChI=1S/C26H27FN6O3/c1-17-5-3-4-6-20(17)26-29-23(36-31-26)16-32-11-13-33(14-12-32)24(34)10-9-22-28-25(30-35-22)19-8-7-18(2)21(27)15-19/h3-8,15H,9-14,16H2,1-2H3. The van der Waals surface area contributed by atoms with E-state index < -0.39 is 0 Å². The highest BCUT2D eigenvalue weighted by Gasteiger charge is 2.23. The van der Waals surface area contributed by atoms with E-state index in [-0.39, 0.29) is 18.1 Å². The first kappa shape index (κ1) is 23.8. The third-order valence-corrected chi connectivity index (χ3v) is 6.39. The van der Waals surface area contributed by atoms with Crippen molar-refractivity contribution in [3.63, 3.8) is 0 Å². The van der Waals surface area contributed by atoms with Crippen LogP contribution in [0.4, 0.5) is 4.39 Å². The topological polar surface area (TPSA) is 101 Å². The van der Waals surface area contributed by atoms with E-state index in [1.165, 1.54) is 6.07 Å². The molecule has 4 aromatic rings. The van der Waals surface area contributed by atoms with E-state index in [2.05, 4.69) is 25.2 Å². The van der Waals surface area contributed by atoms with Gasteiger partial charge in [0.25, 0.3) is 0 Å². The number of halogens is 1. The highest BCUT2D eigenvalue weighted by atomic mass is 19.1. The van der Waals surface area contributed by atoms with E-state index in [9.17, 15) is 9.18 Å². The Bertz CT molecular complexity index is 1360. The van der Waals surface area contributed by atoms with E-state index in [0.29, 0.717) is 60.6 Å². The van der Waals surface area contributed by atoms with Crippen molar-refractivity contribution in [1.29, 1.82) is 0 Å². The van der Waals surface area contributed by atoms with Gasteiger partial charge >= 0.3 is 0 Å². The second-order valence-electron chi connectivity index (χ2n) is 8.96. The average molecular weight is 491 g/mol. The number of rotatable bonds is 7. The van der Waals surface area contributed by atoms with Gasteiger partial charge in [0.1, 0.15) is 5.82 Å². The molecule has 0 atom stereocenters. The molecule has 0 aliphatic carbocycles. The molecule has 9 nitrogen and oxygen atoms in total. The van der Waals surface area contributed by atoms with Crippen LogP contribution in [-0.2, 0) is 17.8 Å². The molecule has 1 fully saturated rings. The summed E-state index contributed by atoms with van der Waals surface area (Å²) >= 11 is 0. The molecule has 0 N–H and O–H groups in total. The van der Waals surface area contributed by atoms with Crippen molar-refractivity contribution in [3.8, 4) is 22.8 Å². The Kier molecular flexibility index (Phi) is 6.86. The lowest BCUT2D eigenvalue weighted by molar-refractivity contribution is -0.133. The van der Waals surface area contributed by atoms with Gasteiger partial charge in [0.15, 0.2) is 0 Å². The van der Waals surface area contributed by atoms with Gasteiger partial charge in [-0.15, -0.1) is 0 Å². The van der Waals surface area contributed by atoms with E-state index in [4.69, 9.17) is 9.05 Å². The molecular weight excluding hydrogens is 463 g/mol. The highest BCUT2D eigenvalue weighted by molar-refractivity contribution is 5.76. The zero-order valence-corrected chi connectivity index (χ0v) is 20.3. The van der Waals surface area contributed by atoms with Crippen molar-refractivity contribution >= 4 is 5.91 Å². The summed E-state index contributed by atoms with van der Waals surface area (Å²) in [5.74, 6) is 1.55. The van der Waals surface area contributed by atoms with Gasteiger partial charge in [-0.3, -0.25) is 9.69 Å². The van der Waals surface area contributed by atoms with Crippen LogP contribution < -0.4 is 0 Å². The van der Waals surface area contributed by atoms with Gasteiger partial charge < -0.3 is 13.9 Å². The largest absolute Gasteiger partial charge is 0.340 e. The van der Waals surface area contributed by atoms with Crippen molar-refractivity contribution in [2.24, 2.45) is 0 Å². The molecule has 2 aromatic carbocycles. The molecule has 0 radical (unpaired) electrons. The second kappa shape index (κ2) is 10.4. The molecule has 1 amide bonds. The number of carbonyl (C=O) groups is 1. The van der Waals surface area contributed by atoms with Gasteiger partial charge in [0.2, 0.25) is 29.3 Å². The summed E-state index contributed by atoms with van der Waals surface area (Å²) < 4.78 is 24.5. The third kappa shape index (κ3) is 5.33. The highest BCUT2D eigenvalue weighted by Crippen LogP contribution is 2.21. The Hall–Kier alpha value is -3.92. The monoisotopic (exact) mass is 490 g/mol. The quantitative estimate of drug-likeness (QED) is 0.385. The fraction of sp³-hybridized carbons (Fsp3) is 0.346. The first-order valence-corrected chi connectivity index (χ1v) is 11.9. The molecule has 0 unspecified atom stereocenters. The number of aromatic nitrogens is 4. The SMILES string of the molecule is Cc1ccc(-c2noc(CCC(=O)N3CCN(Cc4nc(-c5ccccc5C)no4)CC3)n2)cc1F. The number of benzene rings is 2. The molecule has 1 aliphatic heterocycles. The van der Waals surface area contributed by atoms with Gasteiger partial charge in [0.05, 0.1) is 6.54 Å². The first-order chi connectivity index (χ1) is 17.5. The Morgan fingerprint density at radius 2 is 1.64 bits per heavy atom. The van der Waals surface area contributed by atoms with Crippen molar-refractivity contribution in [2.75, 3.05) is 26.2 Å². The van der Waals surface area contributed by atoms with Crippen molar-refractivity contribution in [3.05, 3.63) is 71.2 Å². The lowest BCUT2D eigenvalue weighted by atomic mass is 10.1. The Labute approximate surface area is 207 Å². The molecule has 10 heteroatoms. The van der Waals surface area contributed by atoms with E-state index >= 15 is 0 Å². The van der Waals surface area contributed by atoms with Crippen LogP contribution in [0.15, 0.2) is 51.5 Å². The summed E-state index contributed by atoms with van der Waals surface area (Å²) in [6.07, 6.45) is 0.609. The molecule has 2 aromatic heterocycles. The summed E-state index contributed by atoms with van der Waals surface area (Å²) in [4.78, 5) is 25.6. The predicted molar refractivity (Wildman–Crippen MR) is 129 cm³/mol. The number of aryl methyl sites for hydroxylation is 3. The molecule has 36 heavy (non-hydrogen) atoms. The van der Waals surface area contributed by atoms with Crippen LogP contribution in [0.2, 0.25) is 0 Å². The number of hydrogen-bond acceptors (Lipinski definition) is 8. The fourth-order valence-electron chi connectivity index (χ4n) is 4.18. The van der Waals surface area contributed by atoms with Gasteiger partial charge in [-0.05, 0) is 31.0 Å². The van der Waals surface area contributed by atoms with Crippen molar-refractivity contribution in [1.82, 2.24) is 30.1 Å². The molecular formula is C26H27FN6O3. The lowest BCUT2D eigenvalue weighted by Crippen LogP contribution is -2.48. The van der Waals surface area contributed by atoms with E-state index in [1.54, 1.807) is 19.1 Å². The minimum atomic E-state index is -0.320. The molecule has 186 valence electrons. The molecule has 1 aliphatic rings. The maximum absolute atomic E-state index is 13.8. The maximum atomic E-state index is 13.8. The Morgan fingerprint density at radius 3 is 2.42 bits per heavy atom. The summed E-state index contributed by atoms with van der Waals surface area (Å²) in [6.45, 7) is 6.94. The van der Waals surface area contributed by atoms with E-state index in [1.807, 2.05) is 36.1 Å². The minimum Gasteiger partial charge on any atom is -0.340 e. The van der Waals surface area contributed by atoms with Gasteiger partial charge in [0, 0.05) is 50.1 Å². The molecule has 0 saturated carbocycles. The minimum absolute atomic E-state index is 0.0374. The molecule has 0 spiro atoms. The predicted octanol–water partition coefficient (Wildman–Crippen LogP) is 3.82. The van der Waals surface area contributed by atoms with Gasteiger partial charge in [-0.1, -0.05) is 46.7 Å². The van der Waals surface area contributed by atoms with E-state index in [0.717, 1.165) is 24.2 Å². The van der Waals surface area contributed by atoms with Crippen LogP contribution in [0.5, 0.6) is 0 Å². The lowest BCUT2D eigenvalue weighted by Gasteiger charge is -2.33. The number of amides is 1. The van der Waals surface area contributed by atoms with Crippen LogP contribution in [0.1, 0.15) is 29.3 Å². The smallest absolute Gasteiger partial charge is 0.241 e. The second-order valence-corrected chi connectivity index (χ2v) is 8.96. The van der Waals surface area contributed by atoms with Gasteiger partial charge in [-0.25, -0.2) is 4.39 Å². The molecule has 1 saturated heterocycles. The number of hydrogen-bond donors (Lipinski definition) is 0.